The first kappa shape index (κ1) is 18.7. The second kappa shape index (κ2) is 8.17. The first-order valence-corrected chi connectivity index (χ1v) is 9.85. The highest BCUT2D eigenvalue weighted by Gasteiger charge is 2.14. The predicted molar refractivity (Wildman–Crippen MR) is 119 cm³/mol. The lowest BCUT2D eigenvalue weighted by Crippen LogP contribution is -2.12. The van der Waals surface area contributed by atoms with Gasteiger partial charge < -0.3 is 14.6 Å². The molecule has 4 aromatic rings. The Balaban J connectivity index is 1.47. The van der Waals surface area contributed by atoms with Gasteiger partial charge in [-0.2, -0.15) is 0 Å². The van der Waals surface area contributed by atoms with Crippen molar-refractivity contribution in [2.75, 3.05) is 18.5 Å². The Morgan fingerprint density at radius 2 is 1.64 bits per heavy atom. The second-order valence-corrected chi connectivity index (χ2v) is 7.36. The average molecular weight is 411 g/mol. The van der Waals surface area contributed by atoms with Crippen LogP contribution in [0.5, 0.6) is 5.75 Å². The molecule has 28 heavy (non-hydrogen) atoms. The van der Waals surface area contributed by atoms with Gasteiger partial charge in [-0.1, -0.05) is 71.7 Å². The molecule has 5 heteroatoms. The van der Waals surface area contributed by atoms with Crippen LogP contribution in [-0.2, 0) is 7.05 Å². The SMILES string of the molecule is Cn1cc(Cl)c2c(OCCNc3ccccc3-c3ccccc3)ccc(Cl)c21. The molecular weight excluding hydrogens is 391 g/mol. The van der Waals surface area contributed by atoms with Gasteiger partial charge in [0.25, 0.3) is 0 Å². The van der Waals surface area contributed by atoms with Crippen molar-refractivity contribution in [3.05, 3.63) is 83.0 Å². The van der Waals surface area contributed by atoms with Crippen LogP contribution in [-0.4, -0.2) is 17.7 Å². The smallest absolute Gasteiger partial charge is 0.130 e. The monoisotopic (exact) mass is 410 g/mol. The van der Waals surface area contributed by atoms with Gasteiger partial charge >= 0.3 is 0 Å². The van der Waals surface area contributed by atoms with Gasteiger partial charge in [0.05, 0.1) is 20.9 Å². The minimum Gasteiger partial charge on any atom is -0.491 e. The van der Waals surface area contributed by atoms with Crippen LogP contribution in [0.25, 0.3) is 22.0 Å². The first-order valence-electron chi connectivity index (χ1n) is 9.09. The number of nitrogens with one attached hydrogen (secondary N) is 1. The highest BCUT2D eigenvalue weighted by molar-refractivity contribution is 6.40. The summed E-state index contributed by atoms with van der Waals surface area (Å²) in [6.07, 6.45) is 1.85. The molecule has 0 unspecified atom stereocenters. The standard InChI is InChI=1S/C23H20Cl2N2O/c1-27-15-19(25)22-21(12-11-18(24)23(22)27)28-14-13-26-20-10-6-5-9-17(20)16-7-3-2-4-8-16/h2-12,15,26H,13-14H2,1H3. The summed E-state index contributed by atoms with van der Waals surface area (Å²) in [5, 5.41) is 5.62. The number of fused-ring (bicyclic) bond motifs is 1. The highest BCUT2D eigenvalue weighted by Crippen LogP contribution is 2.37. The first-order chi connectivity index (χ1) is 13.6. The summed E-state index contributed by atoms with van der Waals surface area (Å²) >= 11 is 12.7. The van der Waals surface area contributed by atoms with Gasteiger partial charge in [0.2, 0.25) is 0 Å². The number of aromatic nitrogens is 1. The van der Waals surface area contributed by atoms with Gasteiger partial charge in [-0.3, -0.25) is 0 Å². The van der Waals surface area contributed by atoms with Crippen LogP contribution < -0.4 is 10.1 Å². The molecule has 1 heterocycles. The zero-order valence-electron chi connectivity index (χ0n) is 15.5. The summed E-state index contributed by atoms with van der Waals surface area (Å²) in [6, 6.07) is 22.3. The molecule has 1 aromatic heterocycles. The zero-order chi connectivity index (χ0) is 19.5. The summed E-state index contributed by atoms with van der Waals surface area (Å²) < 4.78 is 7.93. The van der Waals surface area contributed by atoms with E-state index in [0.29, 0.717) is 23.2 Å². The second-order valence-electron chi connectivity index (χ2n) is 6.54. The van der Waals surface area contributed by atoms with E-state index in [2.05, 4.69) is 29.6 Å². The molecule has 0 bridgehead atoms. The molecule has 3 aromatic carbocycles. The molecule has 0 aliphatic carbocycles. The van der Waals surface area contributed by atoms with E-state index in [9.17, 15) is 0 Å². The van der Waals surface area contributed by atoms with E-state index in [4.69, 9.17) is 27.9 Å². The molecule has 1 N–H and O–H groups in total. The molecule has 0 aliphatic rings. The molecule has 0 saturated carbocycles. The Labute approximate surface area is 174 Å². The number of rotatable bonds is 6. The Hall–Kier alpha value is -2.62. The number of aryl methyl sites for hydroxylation is 1. The summed E-state index contributed by atoms with van der Waals surface area (Å²) in [7, 11) is 1.92. The van der Waals surface area contributed by atoms with Crippen molar-refractivity contribution >= 4 is 39.8 Å². The molecule has 0 saturated heterocycles. The van der Waals surface area contributed by atoms with Crippen LogP contribution in [0, 0.1) is 0 Å². The molecule has 4 rings (SSSR count). The Bertz CT molecular complexity index is 1110. The fraction of sp³-hybridized carbons (Fsp3) is 0.130. The number of anilines is 1. The minimum atomic E-state index is 0.505. The number of nitrogens with zero attached hydrogens (tertiary/aromatic N) is 1. The van der Waals surface area contributed by atoms with E-state index >= 15 is 0 Å². The van der Waals surface area contributed by atoms with Gasteiger partial charge in [0.15, 0.2) is 0 Å². The molecule has 3 nitrogen and oxygen atoms in total. The summed E-state index contributed by atoms with van der Waals surface area (Å²) in [6.45, 7) is 1.17. The van der Waals surface area contributed by atoms with Crippen LogP contribution in [0.3, 0.4) is 0 Å². The van der Waals surface area contributed by atoms with Crippen LogP contribution in [0.2, 0.25) is 10.0 Å². The number of halogens is 2. The molecule has 142 valence electrons. The largest absolute Gasteiger partial charge is 0.491 e. The molecule has 0 aliphatic heterocycles. The van der Waals surface area contributed by atoms with Crippen molar-refractivity contribution in [3.63, 3.8) is 0 Å². The fourth-order valence-electron chi connectivity index (χ4n) is 3.40. The summed E-state index contributed by atoms with van der Waals surface area (Å²) in [5.74, 6) is 0.739. The maximum Gasteiger partial charge on any atom is 0.130 e. The molecule has 0 spiro atoms. The number of hydrogen-bond acceptors (Lipinski definition) is 2. The lowest BCUT2D eigenvalue weighted by Gasteiger charge is -2.14. The van der Waals surface area contributed by atoms with Crippen LogP contribution in [0.1, 0.15) is 0 Å². The molecule has 0 fully saturated rings. The van der Waals surface area contributed by atoms with Crippen molar-refractivity contribution in [1.82, 2.24) is 4.57 Å². The third-order valence-electron chi connectivity index (χ3n) is 4.68. The lowest BCUT2D eigenvalue weighted by atomic mass is 10.0. The van der Waals surface area contributed by atoms with E-state index in [0.717, 1.165) is 22.3 Å². The van der Waals surface area contributed by atoms with Crippen molar-refractivity contribution in [2.24, 2.45) is 7.05 Å². The van der Waals surface area contributed by atoms with Crippen LogP contribution in [0.4, 0.5) is 5.69 Å². The number of benzene rings is 3. The van der Waals surface area contributed by atoms with Crippen molar-refractivity contribution in [1.29, 1.82) is 0 Å². The van der Waals surface area contributed by atoms with Gasteiger partial charge in [0.1, 0.15) is 12.4 Å². The average Bonchev–Trinajstić information content (AvgIpc) is 3.03. The van der Waals surface area contributed by atoms with Gasteiger partial charge in [-0.15, -0.1) is 0 Å². The van der Waals surface area contributed by atoms with Crippen molar-refractivity contribution in [3.8, 4) is 16.9 Å². The quantitative estimate of drug-likeness (QED) is 0.360. The third kappa shape index (κ3) is 3.68. The normalized spacial score (nSPS) is 11.0. The number of ether oxygens (including phenoxy) is 1. The topological polar surface area (TPSA) is 26.2 Å². The maximum absolute atomic E-state index is 6.38. The van der Waals surface area contributed by atoms with E-state index in [1.807, 2.05) is 60.3 Å². The minimum absolute atomic E-state index is 0.505. The maximum atomic E-state index is 6.38. The Kier molecular flexibility index (Phi) is 5.47. The highest BCUT2D eigenvalue weighted by atomic mass is 35.5. The Morgan fingerprint density at radius 3 is 2.46 bits per heavy atom. The van der Waals surface area contributed by atoms with Crippen LogP contribution >= 0.6 is 23.2 Å². The molecule has 0 radical (unpaired) electrons. The number of hydrogen-bond donors (Lipinski definition) is 1. The zero-order valence-corrected chi connectivity index (χ0v) is 17.0. The lowest BCUT2D eigenvalue weighted by molar-refractivity contribution is 0.337. The molecule has 0 atom stereocenters. The number of para-hydroxylation sites is 1. The van der Waals surface area contributed by atoms with E-state index in [1.165, 1.54) is 11.1 Å². The van der Waals surface area contributed by atoms with Crippen molar-refractivity contribution in [2.45, 2.75) is 0 Å². The predicted octanol–water partition coefficient (Wildman–Crippen LogP) is 6.64. The molecule has 0 amide bonds. The summed E-state index contributed by atoms with van der Waals surface area (Å²) in [4.78, 5) is 0. The molecular formula is C23H20Cl2N2O. The van der Waals surface area contributed by atoms with Crippen LogP contribution in [0.15, 0.2) is 72.9 Å². The van der Waals surface area contributed by atoms with E-state index in [1.54, 1.807) is 0 Å². The Morgan fingerprint density at radius 1 is 0.893 bits per heavy atom. The fourth-order valence-corrected chi connectivity index (χ4v) is 4.02. The van der Waals surface area contributed by atoms with Gasteiger partial charge in [0, 0.05) is 31.0 Å². The van der Waals surface area contributed by atoms with E-state index < -0.39 is 0 Å². The van der Waals surface area contributed by atoms with Gasteiger partial charge in [-0.25, -0.2) is 0 Å². The third-order valence-corrected chi connectivity index (χ3v) is 5.27. The van der Waals surface area contributed by atoms with E-state index in [-0.39, 0.29) is 0 Å². The van der Waals surface area contributed by atoms with Gasteiger partial charge in [-0.05, 0) is 23.8 Å². The summed E-state index contributed by atoms with van der Waals surface area (Å²) in [5.41, 5.74) is 4.31. The van der Waals surface area contributed by atoms with Crippen molar-refractivity contribution < 1.29 is 4.74 Å².